The van der Waals surface area contributed by atoms with E-state index in [1.165, 1.54) is 40.7 Å². The van der Waals surface area contributed by atoms with E-state index in [0.717, 1.165) is 0 Å². The lowest BCUT2D eigenvalue weighted by molar-refractivity contribution is 0.0722. The summed E-state index contributed by atoms with van der Waals surface area (Å²) in [7, 11) is -3.79. The highest BCUT2D eigenvalue weighted by Gasteiger charge is 2.29. The predicted octanol–water partition coefficient (Wildman–Crippen LogP) is 1.25. The number of sulfonamides is 1. The first kappa shape index (κ1) is 19.3. The summed E-state index contributed by atoms with van der Waals surface area (Å²) in [5.41, 5.74) is 0. The normalized spacial score (nSPS) is 15.4. The zero-order valence-corrected chi connectivity index (χ0v) is 15.2. The predicted molar refractivity (Wildman–Crippen MR) is 92.5 cm³/mol. The van der Waals surface area contributed by atoms with Crippen LogP contribution in [-0.4, -0.2) is 58.1 Å². The van der Waals surface area contributed by atoms with Gasteiger partial charge in [-0.15, -0.1) is 0 Å². The van der Waals surface area contributed by atoms with Crippen molar-refractivity contribution in [1.29, 1.82) is 0 Å². The first-order chi connectivity index (χ1) is 13.0. The number of ether oxygens (including phenoxy) is 2. The van der Waals surface area contributed by atoms with Crippen molar-refractivity contribution in [3.05, 3.63) is 48.0 Å². The summed E-state index contributed by atoms with van der Waals surface area (Å²) in [4.78, 5) is 12.1. The number of furan rings is 1. The molecule has 1 aliphatic heterocycles. The van der Waals surface area contributed by atoms with Crippen LogP contribution < -0.4 is 10.1 Å². The van der Waals surface area contributed by atoms with Crippen LogP contribution in [-0.2, 0) is 14.8 Å². The van der Waals surface area contributed by atoms with Gasteiger partial charge in [-0.1, -0.05) is 0 Å². The number of rotatable bonds is 7. The molecular formula is C17H19FN2O6S. The Morgan fingerprint density at radius 1 is 1.15 bits per heavy atom. The van der Waals surface area contributed by atoms with Gasteiger partial charge < -0.3 is 19.2 Å². The van der Waals surface area contributed by atoms with E-state index in [-0.39, 0.29) is 42.9 Å². The van der Waals surface area contributed by atoms with Crippen molar-refractivity contribution in [3.63, 3.8) is 0 Å². The van der Waals surface area contributed by atoms with Crippen LogP contribution in [0, 0.1) is 5.82 Å². The summed E-state index contributed by atoms with van der Waals surface area (Å²) in [6.07, 6.45) is 0. The van der Waals surface area contributed by atoms with E-state index in [4.69, 9.17) is 13.9 Å². The molecule has 1 aromatic carbocycles. The summed E-state index contributed by atoms with van der Waals surface area (Å²) in [5, 5.41) is 2.28. The highest BCUT2D eigenvalue weighted by atomic mass is 32.2. The molecule has 2 heterocycles. The highest BCUT2D eigenvalue weighted by molar-refractivity contribution is 7.89. The lowest BCUT2D eigenvalue weighted by atomic mass is 10.3. The minimum atomic E-state index is -3.79. The number of carbonyl (C=O) groups excluding carboxylic acids is 1. The van der Waals surface area contributed by atoms with Crippen LogP contribution in [0.5, 0.6) is 5.75 Å². The Hall–Kier alpha value is -2.43. The molecule has 0 bridgehead atoms. The van der Waals surface area contributed by atoms with Gasteiger partial charge in [-0.05, 0) is 36.4 Å². The summed E-state index contributed by atoms with van der Waals surface area (Å²) < 4.78 is 54.7. The van der Waals surface area contributed by atoms with Gasteiger partial charge in [0, 0.05) is 13.1 Å². The van der Waals surface area contributed by atoms with E-state index in [0.29, 0.717) is 19.0 Å². The Kier molecular flexibility index (Phi) is 6.09. The zero-order valence-electron chi connectivity index (χ0n) is 14.4. The average Bonchev–Trinajstić information content (AvgIpc) is 3.18. The molecule has 1 N–H and O–H groups in total. The number of benzene rings is 1. The fourth-order valence-electron chi connectivity index (χ4n) is 2.45. The molecule has 2 aromatic rings. The van der Waals surface area contributed by atoms with Crippen molar-refractivity contribution >= 4 is 15.9 Å². The maximum Gasteiger partial charge on any atom is 0.287 e. The van der Waals surface area contributed by atoms with Gasteiger partial charge in [0.05, 0.1) is 19.8 Å². The van der Waals surface area contributed by atoms with Crippen LogP contribution in [0.3, 0.4) is 0 Å². The molecule has 0 atom stereocenters. The number of halogens is 1. The van der Waals surface area contributed by atoms with Crippen molar-refractivity contribution in [3.8, 4) is 5.75 Å². The molecule has 8 nitrogen and oxygen atoms in total. The molecule has 1 amide bonds. The van der Waals surface area contributed by atoms with Gasteiger partial charge in [-0.25, -0.2) is 12.8 Å². The fourth-order valence-corrected chi connectivity index (χ4v) is 3.77. The number of morpholine rings is 1. The maximum atomic E-state index is 12.8. The number of nitrogens with one attached hydrogen (secondary N) is 1. The molecule has 1 aromatic heterocycles. The average molecular weight is 398 g/mol. The molecule has 0 radical (unpaired) electrons. The van der Waals surface area contributed by atoms with Gasteiger partial charge in [-0.2, -0.15) is 4.31 Å². The van der Waals surface area contributed by atoms with Crippen LogP contribution in [0.2, 0.25) is 0 Å². The Bertz CT molecular complexity index is 875. The number of amides is 1. The summed E-state index contributed by atoms with van der Waals surface area (Å²) in [6.45, 7) is 1.46. The standard InChI is InChI=1S/C17H19FN2O6S/c18-13-1-3-14(4-2-13)25-10-7-19-17(21)15-5-6-16(26-15)27(22,23)20-8-11-24-12-9-20/h1-6H,7-12H2,(H,19,21). The summed E-state index contributed by atoms with van der Waals surface area (Å²) >= 11 is 0. The summed E-state index contributed by atoms with van der Waals surface area (Å²) in [6, 6.07) is 8.07. The number of nitrogens with zero attached hydrogens (tertiary/aromatic N) is 1. The van der Waals surface area contributed by atoms with Gasteiger partial charge in [0.25, 0.3) is 15.9 Å². The van der Waals surface area contributed by atoms with Gasteiger partial charge in [0.1, 0.15) is 18.2 Å². The molecule has 1 aliphatic rings. The molecule has 0 aliphatic carbocycles. The molecule has 146 valence electrons. The van der Waals surface area contributed by atoms with Crippen LogP contribution >= 0.6 is 0 Å². The van der Waals surface area contributed by atoms with Gasteiger partial charge in [0.2, 0.25) is 5.09 Å². The topological polar surface area (TPSA) is 98.1 Å². The quantitative estimate of drug-likeness (QED) is 0.705. The highest BCUT2D eigenvalue weighted by Crippen LogP contribution is 2.19. The molecule has 27 heavy (non-hydrogen) atoms. The number of carbonyl (C=O) groups is 1. The van der Waals surface area contributed by atoms with Gasteiger partial charge >= 0.3 is 0 Å². The van der Waals surface area contributed by atoms with Gasteiger partial charge in [0.15, 0.2) is 5.76 Å². The second kappa shape index (κ2) is 8.51. The number of hydrogen-bond donors (Lipinski definition) is 1. The van der Waals surface area contributed by atoms with E-state index in [1.54, 1.807) is 0 Å². The van der Waals surface area contributed by atoms with E-state index < -0.39 is 15.9 Å². The van der Waals surface area contributed by atoms with Crippen molar-refractivity contribution < 1.29 is 31.5 Å². The minimum absolute atomic E-state index is 0.108. The van der Waals surface area contributed by atoms with Crippen molar-refractivity contribution in [1.82, 2.24) is 9.62 Å². The van der Waals surface area contributed by atoms with Crippen molar-refractivity contribution in [2.24, 2.45) is 0 Å². The first-order valence-corrected chi connectivity index (χ1v) is 9.75. The van der Waals surface area contributed by atoms with E-state index in [1.807, 2.05) is 0 Å². The van der Waals surface area contributed by atoms with Crippen LogP contribution in [0.15, 0.2) is 45.9 Å². The monoisotopic (exact) mass is 398 g/mol. The zero-order chi connectivity index (χ0) is 19.3. The molecule has 0 saturated carbocycles. The van der Waals surface area contributed by atoms with Crippen LogP contribution in [0.4, 0.5) is 4.39 Å². The van der Waals surface area contributed by atoms with Crippen LogP contribution in [0.1, 0.15) is 10.6 Å². The third-order valence-corrected chi connectivity index (χ3v) is 5.61. The Morgan fingerprint density at radius 3 is 2.56 bits per heavy atom. The molecule has 0 unspecified atom stereocenters. The molecule has 10 heteroatoms. The fraction of sp³-hybridized carbons (Fsp3) is 0.353. The Balaban J connectivity index is 1.51. The number of hydrogen-bond acceptors (Lipinski definition) is 6. The molecular weight excluding hydrogens is 379 g/mol. The second-order valence-corrected chi connectivity index (χ2v) is 7.56. The van der Waals surface area contributed by atoms with Crippen molar-refractivity contribution in [2.75, 3.05) is 39.5 Å². The van der Waals surface area contributed by atoms with Gasteiger partial charge in [-0.3, -0.25) is 4.79 Å². The SMILES string of the molecule is O=C(NCCOc1ccc(F)cc1)c1ccc(S(=O)(=O)N2CCOCC2)o1. The Labute approximate surface area is 155 Å². The second-order valence-electron chi connectivity index (χ2n) is 5.69. The minimum Gasteiger partial charge on any atom is -0.492 e. The summed E-state index contributed by atoms with van der Waals surface area (Å²) in [5.74, 6) is -0.552. The molecule has 1 saturated heterocycles. The molecule has 3 rings (SSSR count). The van der Waals surface area contributed by atoms with Crippen LogP contribution in [0.25, 0.3) is 0 Å². The lowest BCUT2D eigenvalue weighted by Gasteiger charge is -2.24. The molecule has 0 spiro atoms. The lowest BCUT2D eigenvalue weighted by Crippen LogP contribution is -2.40. The van der Waals surface area contributed by atoms with E-state index in [9.17, 15) is 17.6 Å². The first-order valence-electron chi connectivity index (χ1n) is 8.31. The molecule has 1 fully saturated rings. The van der Waals surface area contributed by atoms with E-state index >= 15 is 0 Å². The van der Waals surface area contributed by atoms with E-state index in [2.05, 4.69) is 5.32 Å². The Morgan fingerprint density at radius 2 is 1.85 bits per heavy atom. The largest absolute Gasteiger partial charge is 0.492 e. The van der Waals surface area contributed by atoms with Crippen molar-refractivity contribution in [2.45, 2.75) is 5.09 Å². The maximum absolute atomic E-state index is 12.8. The third kappa shape index (κ3) is 4.85. The third-order valence-electron chi connectivity index (χ3n) is 3.84. The smallest absolute Gasteiger partial charge is 0.287 e.